The van der Waals surface area contributed by atoms with E-state index in [1.807, 2.05) is 36.0 Å². The molecule has 0 saturated heterocycles. The number of thioether (sulfide) groups is 1. The summed E-state index contributed by atoms with van der Waals surface area (Å²) < 4.78 is 0. The fourth-order valence-electron chi connectivity index (χ4n) is 1.15. The molecule has 82 valence electrons. The summed E-state index contributed by atoms with van der Waals surface area (Å²) in [5.74, 6) is 2.08. The minimum Gasteiger partial charge on any atom is -0.312 e. The molecule has 0 atom stereocenters. The molecule has 1 aromatic rings. The van der Waals surface area contributed by atoms with E-state index in [2.05, 4.69) is 18.0 Å². The molecule has 1 rings (SSSR count). The highest BCUT2D eigenvalue weighted by atomic mass is 35.5. The van der Waals surface area contributed by atoms with Crippen molar-refractivity contribution in [2.45, 2.75) is 5.75 Å². The van der Waals surface area contributed by atoms with E-state index in [1.54, 1.807) is 0 Å². The number of rotatable bonds is 7. The van der Waals surface area contributed by atoms with Gasteiger partial charge in [0.15, 0.2) is 0 Å². The zero-order chi connectivity index (χ0) is 10.9. The summed E-state index contributed by atoms with van der Waals surface area (Å²) >= 11 is 7.93. The van der Waals surface area contributed by atoms with Crippen LogP contribution in [-0.4, -0.2) is 18.8 Å². The second-order valence-electron chi connectivity index (χ2n) is 3.14. The van der Waals surface area contributed by atoms with Crippen molar-refractivity contribution in [1.82, 2.24) is 5.32 Å². The molecule has 0 aromatic heterocycles. The molecule has 0 unspecified atom stereocenters. The maximum Gasteiger partial charge on any atom is 0.0446 e. The van der Waals surface area contributed by atoms with E-state index in [0.29, 0.717) is 0 Å². The van der Waals surface area contributed by atoms with Crippen LogP contribution in [0.5, 0.6) is 0 Å². The predicted octanol–water partition coefficient (Wildman–Crippen LogP) is 3.35. The minimum absolute atomic E-state index is 0.865. The van der Waals surface area contributed by atoms with Crippen LogP contribution in [0.4, 0.5) is 0 Å². The lowest BCUT2D eigenvalue weighted by molar-refractivity contribution is 0.807. The number of benzene rings is 1. The molecule has 1 aromatic carbocycles. The lowest BCUT2D eigenvalue weighted by Crippen LogP contribution is -2.16. The van der Waals surface area contributed by atoms with Crippen molar-refractivity contribution >= 4 is 23.4 Å². The first-order chi connectivity index (χ1) is 7.34. The topological polar surface area (TPSA) is 12.0 Å². The van der Waals surface area contributed by atoms with Gasteiger partial charge in [-0.15, -0.1) is 6.58 Å². The molecule has 1 N–H and O–H groups in total. The monoisotopic (exact) mass is 241 g/mol. The van der Waals surface area contributed by atoms with Crippen LogP contribution in [0.1, 0.15) is 5.56 Å². The maximum absolute atomic E-state index is 6.04. The van der Waals surface area contributed by atoms with Gasteiger partial charge in [0.2, 0.25) is 0 Å². The Bertz CT molecular complexity index is 301. The predicted molar refractivity (Wildman–Crippen MR) is 70.7 cm³/mol. The molecule has 0 heterocycles. The first kappa shape index (κ1) is 12.6. The summed E-state index contributed by atoms with van der Waals surface area (Å²) in [5, 5.41) is 4.13. The highest BCUT2D eigenvalue weighted by molar-refractivity contribution is 7.98. The third-order valence-corrected chi connectivity index (χ3v) is 3.30. The first-order valence-electron chi connectivity index (χ1n) is 4.97. The molecule has 1 nitrogen and oxygen atoms in total. The lowest BCUT2D eigenvalue weighted by atomic mass is 10.2. The molecule has 3 heteroatoms. The van der Waals surface area contributed by atoms with Crippen LogP contribution in [0.25, 0.3) is 0 Å². The molecule has 0 radical (unpaired) electrons. The van der Waals surface area contributed by atoms with Gasteiger partial charge < -0.3 is 5.32 Å². The molecular weight excluding hydrogens is 226 g/mol. The van der Waals surface area contributed by atoms with Gasteiger partial charge in [0.05, 0.1) is 0 Å². The Morgan fingerprint density at radius 2 is 2.20 bits per heavy atom. The number of nitrogens with one attached hydrogen (secondary N) is 1. The average Bonchev–Trinajstić information content (AvgIpc) is 2.25. The van der Waals surface area contributed by atoms with Gasteiger partial charge in [-0.3, -0.25) is 0 Å². The van der Waals surface area contributed by atoms with E-state index in [-0.39, 0.29) is 0 Å². The molecule has 0 saturated carbocycles. The summed E-state index contributed by atoms with van der Waals surface area (Å²) in [4.78, 5) is 0. The van der Waals surface area contributed by atoms with E-state index in [1.165, 1.54) is 5.56 Å². The van der Waals surface area contributed by atoms with E-state index >= 15 is 0 Å². The number of halogens is 1. The third-order valence-electron chi connectivity index (χ3n) is 1.93. The van der Waals surface area contributed by atoms with Crippen molar-refractivity contribution in [2.75, 3.05) is 18.8 Å². The number of hydrogen-bond acceptors (Lipinski definition) is 2. The normalized spacial score (nSPS) is 10.2. The average molecular weight is 242 g/mol. The van der Waals surface area contributed by atoms with Gasteiger partial charge in [0.25, 0.3) is 0 Å². The Kier molecular flexibility index (Phi) is 6.57. The summed E-state index contributed by atoms with van der Waals surface area (Å²) in [6, 6.07) is 8.00. The molecule has 0 aliphatic carbocycles. The Balaban J connectivity index is 2.15. The summed E-state index contributed by atoms with van der Waals surface area (Å²) in [7, 11) is 0. The van der Waals surface area contributed by atoms with Gasteiger partial charge in [-0.05, 0) is 11.6 Å². The van der Waals surface area contributed by atoms with Gasteiger partial charge in [0.1, 0.15) is 0 Å². The van der Waals surface area contributed by atoms with Crippen molar-refractivity contribution in [3.63, 3.8) is 0 Å². The highest BCUT2D eigenvalue weighted by Crippen LogP contribution is 2.20. The minimum atomic E-state index is 0.865. The highest BCUT2D eigenvalue weighted by Gasteiger charge is 1.97. The van der Waals surface area contributed by atoms with Gasteiger partial charge >= 0.3 is 0 Å². The Labute approximate surface area is 101 Å². The second-order valence-corrected chi connectivity index (χ2v) is 4.65. The fourth-order valence-corrected chi connectivity index (χ4v) is 2.33. The van der Waals surface area contributed by atoms with Crippen LogP contribution < -0.4 is 5.32 Å². The smallest absolute Gasteiger partial charge is 0.0446 e. The SMILES string of the molecule is C=CCNCCSCc1ccccc1Cl. The summed E-state index contributed by atoms with van der Waals surface area (Å²) in [6.07, 6.45) is 1.87. The van der Waals surface area contributed by atoms with Gasteiger partial charge in [-0.25, -0.2) is 0 Å². The molecule has 0 spiro atoms. The molecule has 0 aliphatic rings. The molecular formula is C12H16ClNS. The quantitative estimate of drug-likeness (QED) is 0.581. The van der Waals surface area contributed by atoms with E-state index in [4.69, 9.17) is 11.6 Å². The molecule has 15 heavy (non-hydrogen) atoms. The molecule has 0 amide bonds. The van der Waals surface area contributed by atoms with Crippen LogP contribution in [-0.2, 0) is 5.75 Å². The van der Waals surface area contributed by atoms with Crippen LogP contribution >= 0.6 is 23.4 Å². The van der Waals surface area contributed by atoms with Crippen LogP contribution in [0, 0.1) is 0 Å². The van der Waals surface area contributed by atoms with E-state index < -0.39 is 0 Å². The van der Waals surface area contributed by atoms with Crippen LogP contribution in [0.3, 0.4) is 0 Å². The van der Waals surface area contributed by atoms with Gasteiger partial charge in [-0.2, -0.15) is 11.8 Å². The standard InChI is InChI=1S/C12H16ClNS/c1-2-7-14-8-9-15-10-11-5-3-4-6-12(11)13/h2-6,14H,1,7-10H2. The van der Waals surface area contributed by atoms with Crippen LogP contribution in [0.15, 0.2) is 36.9 Å². The molecule has 0 bridgehead atoms. The van der Waals surface area contributed by atoms with Crippen molar-refractivity contribution in [3.05, 3.63) is 47.5 Å². The molecule has 0 fully saturated rings. The van der Waals surface area contributed by atoms with Crippen molar-refractivity contribution in [2.24, 2.45) is 0 Å². The van der Waals surface area contributed by atoms with Crippen molar-refractivity contribution < 1.29 is 0 Å². The third kappa shape index (κ3) is 5.26. The Hall–Kier alpha value is -0.440. The maximum atomic E-state index is 6.04. The van der Waals surface area contributed by atoms with Crippen LogP contribution in [0.2, 0.25) is 5.02 Å². The summed E-state index contributed by atoms with van der Waals surface area (Å²) in [5.41, 5.74) is 1.22. The van der Waals surface area contributed by atoms with E-state index in [9.17, 15) is 0 Å². The Morgan fingerprint density at radius 3 is 2.93 bits per heavy atom. The molecule has 0 aliphatic heterocycles. The second kappa shape index (κ2) is 7.80. The van der Waals surface area contributed by atoms with E-state index in [0.717, 1.165) is 29.6 Å². The van der Waals surface area contributed by atoms with Crippen molar-refractivity contribution in [1.29, 1.82) is 0 Å². The fraction of sp³-hybridized carbons (Fsp3) is 0.333. The van der Waals surface area contributed by atoms with Gasteiger partial charge in [0, 0.05) is 29.6 Å². The zero-order valence-corrected chi connectivity index (χ0v) is 10.3. The Morgan fingerprint density at radius 1 is 1.40 bits per heavy atom. The lowest BCUT2D eigenvalue weighted by Gasteiger charge is -2.04. The zero-order valence-electron chi connectivity index (χ0n) is 8.71. The largest absolute Gasteiger partial charge is 0.312 e. The van der Waals surface area contributed by atoms with Crippen molar-refractivity contribution in [3.8, 4) is 0 Å². The van der Waals surface area contributed by atoms with Gasteiger partial charge in [-0.1, -0.05) is 35.9 Å². The first-order valence-corrected chi connectivity index (χ1v) is 6.50. The number of hydrogen-bond donors (Lipinski definition) is 1. The summed E-state index contributed by atoms with van der Waals surface area (Å²) in [6.45, 7) is 5.55.